The normalized spacial score (nSPS) is 30.9. The fourth-order valence-corrected chi connectivity index (χ4v) is 6.25. The lowest BCUT2D eigenvalue weighted by atomic mass is 9.82. The van der Waals surface area contributed by atoms with E-state index in [1.54, 1.807) is 0 Å². The van der Waals surface area contributed by atoms with Crippen LogP contribution in [0.25, 0.3) is 0 Å². The molecule has 2 aliphatic carbocycles. The van der Waals surface area contributed by atoms with Gasteiger partial charge in [0, 0.05) is 0 Å². The minimum absolute atomic E-state index is 0.00183. The lowest BCUT2D eigenvalue weighted by Crippen LogP contribution is -2.46. The zero-order valence-corrected chi connectivity index (χ0v) is 22.4. The number of hydrogen-bond donors (Lipinski definition) is 0. The first-order valence-corrected chi connectivity index (χ1v) is 14.4. The lowest BCUT2D eigenvalue weighted by molar-refractivity contribution is -0.333. The molecule has 0 aromatic heterocycles. The summed E-state index contributed by atoms with van der Waals surface area (Å²) in [5.41, 5.74) is 0.307. The minimum Gasteiger partial charge on any atom is -0.369 e. The van der Waals surface area contributed by atoms with Crippen LogP contribution in [0.15, 0.2) is 12.1 Å². The molecule has 3 nitrogen and oxygen atoms in total. The molecule has 10 heteroatoms. The molecule has 1 heterocycles. The molecule has 1 aliphatic heterocycles. The highest BCUT2D eigenvalue weighted by atomic mass is 19.3. The number of rotatable bonds is 10. The van der Waals surface area contributed by atoms with Crippen molar-refractivity contribution in [2.75, 3.05) is 6.61 Å². The summed E-state index contributed by atoms with van der Waals surface area (Å²) in [6.07, 6.45) is -4.32. The molecule has 2 atom stereocenters. The molecular formula is C29H39F7O3. The van der Waals surface area contributed by atoms with Crippen LogP contribution in [0, 0.1) is 29.3 Å². The number of unbranched alkanes of at least 4 members (excludes halogenated alkanes) is 1. The van der Waals surface area contributed by atoms with Crippen molar-refractivity contribution in [3.63, 3.8) is 0 Å². The number of hydrogen-bond acceptors (Lipinski definition) is 3. The summed E-state index contributed by atoms with van der Waals surface area (Å²) in [5, 5.41) is 0. The van der Waals surface area contributed by atoms with E-state index in [4.69, 9.17) is 14.2 Å². The van der Waals surface area contributed by atoms with Crippen LogP contribution in [-0.4, -0.2) is 37.1 Å². The first kappa shape index (κ1) is 30.6. The van der Waals surface area contributed by atoms with E-state index < -0.39 is 53.9 Å². The van der Waals surface area contributed by atoms with Crippen molar-refractivity contribution in [1.29, 1.82) is 0 Å². The second kappa shape index (κ2) is 13.1. The average Bonchev–Trinajstić information content (AvgIpc) is 2.91. The van der Waals surface area contributed by atoms with Crippen molar-refractivity contribution in [3.8, 4) is 0 Å². The molecule has 3 aliphatic rings. The maximum atomic E-state index is 15.0. The Morgan fingerprint density at radius 3 is 1.87 bits per heavy atom. The molecule has 0 bridgehead atoms. The van der Waals surface area contributed by atoms with E-state index in [1.165, 1.54) is 0 Å². The highest BCUT2D eigenvalue weighted by molar-refractivity contribution is 5.23. The Labute approximate surface area is 225 Å². The molecule has 0 amide bonds. The van der Waals surface area contributed by atoms with E-state index in [0.717, 1.165) is 31.4 Å². The number of alkyl halides is 4. The van der Waals surface area contributed by atoms with E-state index in [9.17, 15) is 30.7 Å². The molecule has 1 aromatic rings. The Bertz CT molecular complexity index is 896. The van der Waals surface area contributed by atoms with Gasteiger partial charge in [-0.1, -0.05) is 19.8 Å². The van der Waals surface area contributed by atoms with Crippen molar-refractivity contribution < 1.29 is 44.9 Å². The quantitative estimate of drug-likeness (QED) is 0.208. The van der Waals surface area contributed by atoms with E-state index in [0.29, 0.717) is 37.4 Å². The van der Waals surface area contributed by atoms with E-state index in [1.807, 2.05) is 0 Å². The Balaban J connectivity index is 1.20. The maximum Gasteiger partial charge on any atom is 0.382 e. The molecule has 1 aromatic carbocycles. The summed E-state index contributed by atoms with van der Waals surface area (Å²) in [5.74, 6) is -5.15. The zero-order valence-electron chi connectivity index (χ0n) is 22.4. The molecule has 4 rings (SSSR count). The highest BCUT2D eigenvalue weighted by Gasteiger charge is 2.49. The zero-order chi connectivity index (χ0) is 28.2. The Hall–Kier alpha value is -1.39. The van der Waals surface area contributed by atoms with Gasteiger partial charge in [-0.3, -0.25) is 0 Å². The summed E-state index contributed by atoms with van der Waals surface area (Å²) in [6, 6.07) is 1.90. The second-order valence-corrected chi connectivity index (χ2v) is 11.5. The van der Waals surface area contributed by atoms with Gasteiger partial charge in [0.25, 0.3) is 0 Å². The number of halogens is 7. The highest BCUT2D eigenvalue weighted by Crippen LogP contribution is 2.44. The summed E-state index contributed by atoms with van der Waals surface area (Å²) >= 11 is 0. The fraction of sp³-hybridized carbons (Fsp3) is 0.793. The van der Waals surface area contributed by atoms with Crippen molar-refractivity contribution in [2.45, 2.75) is 127 Å². The van der Waals surface area contributed by atoms with Crippen molar-refractivity contribution >= 4 is 0 Å². The summed E-state index contributed by atoms with van der Waals surface area (Å²) in [4.78, 5) is 0. The molecule has 0 N–H and O–H groups in total. The van der Waals surface area contributed by atoms with Gasteiger partial charge >= 0.3 is 12.2 Å². The molecule has 2 saturated carbocycles. The minimum atomic E-state index is -3.46. The monoisotopic (exact) mass is 568 g/mol. The first-order valence-electron chi connectivity index (χ1n) is 14.4. The van der Waals surface area contributed by atoms with Gasteiger partial charge in [-0.05, 0) is 100 Å². The number of benzene rings is 1. The van der Waals surface area contributed by atoms with E-state index >= 15 is 0 Å². The van der Waals surface area contributed by atoms with Crippen molar-refractivity contribution in [1.82, 2.24) is 0 Å². The molecule has 39 heavy (non-hydrogen) atoms. The van der Waals surface area contributed by atoms with Gasteiger partial charge in [-0.2, -0.15) is 17.6 Å². The second-order valence-electron chi connectivity index (χ2n) is 11.5. The summed E-state index contributed by atoms with van der Waals surface area (Å²) in [6.45, 7) is 2.38. The van der Waals surface area contributed by atoms with Gasteiger partial charge in [0.15, 0.2) is 17.5 Å². The van der Waals surface area contributed by atoms with Crippen LogP contribution in [-0.2, 0) is 14.2 Å². The van der Waals surface area contributed by atoms with Crippen LogP contribution in [0.5, 0.6) is 0 Å². The standard InChI is InChI=1S/C29H39F7O3/c1-2-3-4-18-5-14-26(37-17-18)29(35,36)39-23-12-8-21(9-13-23)28(33,34)38-22-10-6-19(7-11-22)20-15-24(30)27(32)25(31)16-20/h15-16,18-19,21-23,26H,2-14,17H2,1H3. The SMILES string of the molecule is CCCCC1CCC(C(F)(F)OC2CCC(C(F)(F)OC3CCC(c4cc(F)c(F)c(F)c4)CC3)CC2)OC1. The molecule has 2 unspecified atom stereocenters. The maximum absolute atomic E-state index is 15.0. The van der Waals surface area contributed by atoms with Crippen LogP contribution in [0.4, 0.5) is 30.7 Å². The van der Waals surface area contributed by atoms with Crippen LogP contribution in [0.1, 0.15) is 102 Å². The van der Waals surface area contributed by atoms with Gasteiger partial charge in [0.1, 0.15) is 6.10 Å². The Morgan fingerprint density at radius 2 is 1.33 bits per heavy atom. The third kappa shape index (κ3) is 7.88. The third-order valence-corrected chi connectivity index (χ3v) is 8.66. The largest absolute Gasteiger partial charge is 0.382 e. The Kier molecular flexibility index (Phi) is 10.2. The Morgan fingerprint density at radius 1 is 0.769 bits per heavy atom. The summed E-state index contributed by atoms with van der Waals surface area (Å²) in [7, 11) is 0. The van der Waals surface area contributed by atoms with Gasteiger partial charge < -0.3 is 14.2 Å². The molecule has 1 saturated heterocycles. The van der Waals surface area contributed by atoms with Gasteiger partial charge in [-0.25, -0.2) is 13.2 Å². The van der Waals surface area contributed by atoms with Crippen molar-refractivity contribution in [3.05, 3.63) is 35.1 Å². The van der Waals surface area contributed by atoms with Crippen LogP contribution < -0.4 is 0 Å². The van der Waals surface area contributed by atoms with E-state index in [2.05, 4.69) is 6.92 Å². The van der Waals surface area contributed by atoms with Crippen LogP contribution >= 0.6 is 0 Å². The first-order chi connectivity index (χ1) is 18.5. The third-order valence-electron chi connectivity index (χ3n) is 8.66. The molecule has 0 radical (unpaired) electrons. The smallest absolute Gasteiger partial charge is 0.369 e. The van der Waals surface area contributed by atoms with Crippen LogP contribution in [0.2, 0.25) is 0 Å². The van der Waals surface area contributed by atoms with Gasteiger partial charge in [-0.15, -0.1) is 0 Å². The fourth-order valence-electron chi connectivity index (χ4n) is 6.25. The van der Waals surface area contributed by atoms with Crippen molar-refractivity contribution in [2.24, 2.45) is 11.8 Å². The molecule has 222 valence electrons. The van der Waals surface area contributed by atoms with Gasteiger partial charge in [0.05, 0.1) is 24.7 Å². The average molecular weight is 569 g/mol. The molecular weight excluding hydrogens is 529 g/mol. The number of ether oxygens (including phenoxy) is 3. The van der Waals surface area contributed by atoms with Crippen LogP contribution in [0.3, 0.4) is 0 Å². The predicted molar refractivity (Wildman–Crippen MR) is 131 cm³/mol. The molecule has 0 spiro atoms. The summed E-state index contributed by atoms with van der Waals surface area (Å²) < 4.78 is 116. The van der Waals surface area contributed by atoms with E-state index in [-0.39, 0.29) is 50.9 Å². The predicted octanol–water partition coefficient (Wildman–Crippen LogP) is 8.89. The molecule has 3 fully saturated rings. The lowest BCUT2D eigenvalue weighted by Gasteiger charge is -2.39. The van der Waals surface area contributed by atoms with Gasteiger partial charge in [0.2, 0.25) is 0 Å². The topological polar surface area (TPSA) is 27.7 Å².